The van der Waals surface area contributed by atoms with Gasteiger partial charge in [-0.15, -0.1) is 0 Å². The highest BCUT2D eigenvalue weighted by Gasteiger charge is 2.45. The predicted molar refractivity (Wildman–Crippen MR) is 69.7 cm³/mol. The molecule has 1 aliphatic heterocycles. The maximum absolute atomic E-state index is 6.10. The van der Waals surface area contributed by atoms with Gasteiger partial charge in [0.1, 0.15) is 0 Å². The number of pyridine rings is 1. The van der Waals surface area contributed by atoms with Crippen molar-refractivity contribution in [1.82, 2.24) is 4.98 Å². The van der Waals surface area contributed by atoms with Crippen LogP contribution in [0, 0.1) is 5.92 Å². The maximum Gasteiger partial charge on any atom is 0.0666 e. The molecule has 1 saturated heterocycles. The Bertz CT molecular complexity index is 412. The van der Waals surface area contributed by atoms with Crippen LogP contribution in [0.4, 0.5) is 5.69 Å². The molecule has 2 heterocycles. The largest absolute Gasteiger partial charge is 0.398 e. The Kier molecular flexibility index (Phi) is 2.90. The summed E-state index contributed by atoms with van der Waals surface area (Å²) in [6.07, 6.45) is 5.61. The van der Waals surface area contributed by atoms with Crippen LogP contribution in [0.3, 0.4) is 0 Å². The molecule has 0 spiro atoms. The highest BCUT2D eigenvalue weighted by atomic mass is 16.5. The van der Waals surface area contributed by atoms with Crippen LogP contribution >= 0.6 is 0 Å². The molecule has 0 radical (unpaired) electrons. The molecule has 0 aromatic carbocycles. The minimum atomic E-state index is -0.0915. The molecular weight excluding hydrogens is 212 g/mol. The monoisotopic (exact) mass is 234 g/mol. The van der Waals surface area contributed by atoms with Gasteiger partial charge in [-0.25, -0.2) is 0 Å². The minimum Gasteiger partial charge on any atom is -0.398 e. The molecule has 0 amide bonds. The first-order valence-electron chi connectivity index (χ1n) is 6.19. The van der Waals surface area contributed by atoms with Crippen LogP contribution < -0.4 is 5.73 Å². The van der Waals surface area contributed by atoms with E-state index in [-0.39, 0.29) is 11.2 Å². The van der Waals surface area contributed by atoms with Gasteiger partial charge in [-0.05, 0) is 58.1 Å². The second-order valence-electron chi connectivity index (χ2n) is 6.14. The van der Waals surface area contributed by atoms with Gasteiger partial charge in [0.25, 0.3) is 0 Å². The van der Waals surface area contributed by atoms with Crippen LogP contribution in [0.15, 0.2) is 18.5 Å². The van der Waals surface area contributed by atoms with E-state index in [1.807, 2.05) is 12.3 Å². The zero-order valence-corrected chi connectivity index (χ0v) is 11.2. The fourth-order valence-electron chi connectivity index (χ4n) is 2.87. The van der Waals surface area contributed by atoms with E-state index in [2.05, 4.69) is 32.7 Å². The Balaban J connectivity index is 2.17. The first kappa shape index (κ1) is 12.4. The highest BCUT2D eigenvalue weighted by molar-refractivity contribution is 5.44. The third-order valence-electron chi connectivity index (χ3n) is 3.67. The van der Waals surface area contributed by atoms with Crippen molar-refractivity contribution in [3.8, 4) is 0 Å². The van der Waals surface area contributed by atoms with E-state index in [9.17, 15) is 0 Å². The van der Waals surface area contributed by atoms with Crippen LogP contribution in [0.5, 0.6) is 0 Å². The van der Waals surface area contributed by atoms with Crippen LogP contribution in [0.2, 0.25) is 0 Å². The molecule has 1 aromatic heterocycles. The number of anilines is 1. The molecule has 2 N–H and O–H groups in total. The lowest BCUT2D eigenvalue weighted by Crippen LogP contribution is -2.30. The van der Waals surface area contributed by atoms with Crippen molar-refractivity contribution in [2.24, 2.45) is 5.92 Å². The van der Waals surface area contributed by atoms with Crippen molar-refractivity contribution >= 4 is 5.69 Å². The van der Waals surface area contributed by atoms with Gasteiger partial charge in [-0.2, -0.15) is 0 Å². The Labute approximate surface area is 103 Å². The summed E-state index contributed by atoms with van der Waals surface area (Å²) in [4.78, 5) is 4.15. The van der Waals surface area contributed by atoms with Crippen molar-refractivity contribution in [3.05, 3.63) is 24.0 Å². The maximum atomic E-state index is 6.10. The van der Waals surface area contributed by atoms with Crippen molar-refractivity contribution in [2.75, 3.05) is 5.73 Å². The van der Waals surface area contributed by atoms with E-state index in [0.29, 0.717) is 5.92 Å². The van der Waals surface area contributed by atoms with Gasteiger partial charge in [0.05, 0.1) is 11.2 Å². The Morgan fingerprint density at radius 1 is 1.41 bits per heavy atom. The van der Waals surface area contributed by atoms with Crippen molar-refractivity contribution in [1.29, 1.82) is 0 Å². The molecule has 3 heteroatoms. The van der Waals surface area contributed by atoms with Crippen molar-refractivity contribution in [3.63, 3.8) is 0 Å². The number of rotatable bonds is 2. The summed E-state index contributed by atoms with van der Waals surface area (Å²) in [7, 11) is 0. The Morgan fingerprint density at radius 2 is 2.12 bits per heavy atom. The van der Waals surface area contributed by atoms with Gasteiger partial charge in [0.2, 0.25) is 0 Å². The van der Waals surface area contributed by atoms with Gasteiger partial charge >= 0.3 is 0 Å². The minimum absolute atomic E-state index is 0.0366. The highest BCUT2D eigenvalue weighted by Crippen LogP contribution is 2.43. The third kappa shape index (κ3) is 2.60. The molecule has 1 unspecified atom stereocenters. The fourth-order valence-corrected chi connectivity index (χ4v) is 2.87. The lowest BCUT2D eigenvalue weighted by atomic mass is 9.83. The van der Waals surface area contributed by atoms with Gasteiger partial charge in [0, 0.05) is 18.1 Å². The lowest BCUT2D eigenvalue weighted by Gasteiger charge is -2.27. The number of nitrogens with zero attached hydrogens (tertiary/aromatic N) is 1. The summed E-state index contributed by atoms with van der Waals surface area (Å²) in [6.45, 7) is 8.64. The van der Waals surface area contributed by atoms with Crippen LogP contribution in [0.25, 0.3) is 0 Å². The molecule has 1 aromatic rings. The molecule has 3 nitrogen and oxygen atoms in total. The Hall–Kier alpha value is -1.09. The molecule has 0 aliphatic carbocycles. The standard InChI is InChI=1S/C14H22N2O/c1-13(2)8-11(14(3,4)17-13)7-10-9-16-6-5-12(10)15/h5-6,9,11H,7-8H2,1-4H3,(H2,15,16). The van der Waals surface area contributed by atoms with E-state index in [1.165, 1.54) is 0 Å². The second kappa shape index (κ2) is 3.98. The number of ether oxygens (including phenoxy) is 1. The summed E-state index contributed by atoms with van der Waals surface area (Å²) < 4.78 is 6.10. The smallest absolute Gasteiger partial charge is 0.0666 e. The van der Waals surface area contributed by atoms with Crippen molar-refractivity contribution in [2.45, 2.75) is 51.7 Å². The van der Waals surface area contributed by atoms with Gasteiger partial charge in [0.15, 0.2) is 0 Å². The molecule has 1 atom stereocenters. The summed E-state index contributed by atoms with van der Waals surface area (Å²) in [6, 6.07) is 1.86. The molecule has 1 fully saturated rings. The zero-order chi connectivity index (χ0) is 12.7. The summed E-state index contributed by atoms with van der Waals surface area (Å²) in [5, 5.41) is 0. The van der Waals surface area contributed by atoms with Crippen LogP contribution in [-0.2, 0) is 11.2 Å². The average Bonchev–Trinajstić information content (AvgIpc) is 2.38. The third-order valence-corrected chi connectivity index (χ3v) is 3.67. The van der Waals surface area contributed by atoms with E-state index < -0.39 is 0 Å². The summed E-state index contributed by atoms with van der Waals surface area (Å²) >= 11 is 0. The number of nitrogens with two attached hydrogens (primary N) is 1. The zero-order valence-electron chi connectivity index (χ0n) is 11.2. The number of nitrogen functional groups attached to an aromatic ring is 1. The Morgan fingerprint density at radius 3 is 2.65 bits per heavy atom. The average molecular weight is 234 g/mol. The quantitative estimate of drug-likeness (QED) is 0.856. The molecule has 17 heavy (non-hydrogen) atoms. The summed E-state index contributed by atoms with van der Waals surface area (Å²) in [5.41, 5.74) is 7.81. The van der Waals surface area contributed by atoms with Crippen LogP contribution in [-0.4, -0.2) is 16.2 Å². The second-order valence-corrected chi connectivity index (χ2v) is 6.14. The molecule has 2 rings (SSSR count). The molecule has 1 aliphatic rings. The number of aromatic nitrogens is 1. The fraction of sp³-hybridized carbons (Fsp3) is 0.643. The van der Waals surface area contributed by atoms with Gasteiger partial charge < -0.3 is 10.5 Å². The van der Waals surface area contributed by atoms with E-state index >= 15 is 0 Å². The predicted octanol–water partition coefficient (Wildman–Crippen LogP) is 2.80. The molecular formula is C14H22N2O. The summed E-state index contributed by atoms with van der Waals surface area (Å²) in [5.74, 6) is 0.490. The lowest BCUT2D eigenvalue weighted by molar-refractivity contribution is -0.0744. The molecule has 94 valence electrons. The van der Waals surface area contributed by atoms with E-state index in [1.54, 1.807) is 6.20 Å². The molecule has 0 bridgehead atoms. The van der Waals surface area contributed by atoms with E-state index in [4.69, 9.17) is 10.5 Å². The SMILES string of the molecule is CC1(C)CC(Cc2cnccc2N)C(C)(C)O1. The van der Waals surface area contributed by atoms with E-state index in [0.717, 1.165) is 24.1 Å². The number of hydrogen-bond donors (Lipinski definition) is 1. The topological polar surface area (TPSA) is 48.1 Å². The first-order valence-corrected chi connectivity index (χ1v) is 6.19. The van der Waals surface area contributed by atoms with Gasteiger partial charge in [-0.1, -0.05) is 0 Å². The molecule has 0 saturated carbocycles. The van der Waals surface area contributed by atoms with Gasteiger partial charge in [-0.3, -0.25) is 4.98 Å². The normalized spacial score (nSPS) is 26.0. The van der Waals surface area contributed by atoms with Crippen LogP contribution in [0.1, 0.15) is 39.7 Å². The first-order chi connectivity index (χ1) is 7.80. The van der Waals surface area contributed by atoms with Crippen molar-refractivity contribution < 1.29 is 4.74 Å². The number of hydrogen-bond acceptors (Lipinski definition) is 3.